The maximum Gasteiger partial charge on any atom is 0.126 e. The standard InChI is InChI=1S/C15H14ClF2NS/c1-19-15(10-6-12(17)8-13(18)7-10)9-20-14-4-2-11(16)3-5-14/h2-8,15,19H,9H2,1H3. The van der Waals surface area contributed by atoms with E-state index in [2.05, 4.69) is 5.32 Å². The van der Waals surface area contributed by atoms with Crippen molar-refractivity contribution in [1.29, 1.82) is 0 Å². The molecule has 0 amide bonds. The van der Waals surface area contributed by atoms with Gasteiger partial charge in [0.15, 0.2) is 0 Å². The van der Waals surface area contributed by atoms with Crippen LogP contribution < -0.4 is 5.32 Å². The summed E-state index contributed by atoms with van der Waals surface area (Å²) in [6.45, 7) is 0. The smallest absolute Gasteiger partial charge is 0.126 e. The summed E-state index contributed by atoms with van der Waals surface area (Å²) >= 11 is 7.43. The van der Waals surface area contributed by atoms with Crippen molar-refractivity contribution in [2.75, 3.05) is 12.8 Å². The van der Waals surface area contributed by atoms with Gasteiger partial charge in [-0.3, -0.25) is 0 Å². The second-order valence-electron chi connectivity index (χ2n) is 4.31. The van der Waals surface area contributed by atoms with Gasteiger partial charge < -0.3 is 5.32 Å². The summed E-state index contributed by atoms with van der Waals surface area (Å²) in [5.74, 6) is -0.449. The molecule has 0 bridgehead atoms. The molecule has 0 radical (unpaired) electrons. The summed E-state index contributed by atoms with van der Waals surface area (Å²) in [6, 6.07) is 10.9. The van der Waals surface area contributed by atoms with E-state index in [-0.39, 0.29) is 6.04 Å². The number of thioether (sulfide) groups is 1. The lowest BCUT2D eigenvalue weighted by Gasteiger charge is -2.16. The Morgan fingerprint density at radius 2 is 1.70 bits per heavy atom. The zero-order valence-electron chi connectivity index (χ0n) is 10.9. The molecule has 1 unspecified atom stereocenters. The van der Waals surface area contributed by atoms with Crippen LogP contribution in [0.2, 0.25) is 5.02 Å². The lowest BCUT2D eigenvalue weighted by atomic mass is 10.1. The van der Waals surface area contributed by atoms with Crippen LogP contribution in [-0.4, -0.2) is 12.8 Å². The Morgan fingerprint density at radius 1 is 1.10 bits per heavy atom. The normalized spacial score (nSPS) is 12.4. The minimum atomic E-state index is -0.559. The molecule has 2 aromatic carbocycles. The second kappa shape index (κ2) is 7.07. The Morgan fingerprint density at radius 3 is 2.25 bits per heavy atom. The average molecular weight is 314 g/mol. The van der Waals surface area contributed by atoms with Crippen LogP contribution in [0.3, 0.4) is 0 Å². The first-order valence-electron chi connectivity index (χ1n) is 6.10. The van der Waals surface area contributed by atoms with Crippen LogP contribution >= 0.6 is 23.4 Å². The minimum absolute atomic E-state index is 0.124. The summed E-state index contributed by atoms with van der Waals surface area (Å²) in [5.41, 5.74) is 0.603. The van der Waals surface area contributed by atoms with Crippen LogP contribution in [0.15, 0.2) is 47.4 Å². The highest BCUT2D eigenvalue weighted by atomic mass is 35.5. The lowest BCUT2D eigenvalue weighted by molar-refractivity contribution is 0.568. The zero-order valence-corrected chi connectivity index (χ0v) is 12.4. The molecule has 0 fully saturated rings. The maximum atomic E-state index is 13.2. The molecule has 1 N–H and O–H groups in total. The molecule has 1 atom stereocenters. The van der Waals surface area contributed by atoms with Gasteiger partial charge in [0, 0.05) is 27.8 Å². The van der Waals surface area contributed by atoms with Crippen molar-refractivity contribution in [3.05, 3.63) is 64.7 Å². The molecule has 0 heterocycles. The van der Waals surface area contributed by atoms with Crippen molar-refractivity contribution < 1.29 is 8.78 Å². The van der Waals surface area contributed by atoms with E-state index in [1.165, 1.54) is 12.1 Å². The van der Waals surface area contributed by atoms with Crippen LogP contribution in [0.1, 0.15) is 11.6 Å². The predicted molar refractivity (Wildman–Crippen MR) is 80.3 cm³/mol. The van der Waals surface area contributed by atoms with Gasteiger partial charge >= 0.3 is 0 Å². The SMILES string of the molecule is CNC(CSc1ccc(Cl)cc1)c1cc(F)cc(F)c1. The molecule has 0 aliphatic carbocycles. The van der Waals surface area contributed by atoms with Gasteiger partial charge in [-0.2, -0.15) is 0 Å². The van der Waals surface area contributed by atoms with Crippen LogP contribution in [-0.2, 0) is 0 Å². The Hall–Kier alpha value is -1.10. The summed E-state index contributed by atoms with van der Waals surface area (Å²) in [5, 5.41) is 3.76. The third-order valence-corrected chi connectivity index (χ3v) is 4.22. The van der Waals surface area contributed by atoms with Gasteiger partial charge in [-0.25, -0.2) is 8.78 Å². The second-order valence-corrected chi connectivity index (χ2v) is 5.84. The molecule has 2 rings (SSSR count). The first-order chi connectivity index (χ1) is 9.58. The maximum absolute atomic E-state index is 13.2. The molecule has 0 saturated heterocycles. The molecule has 0 saturated carbocycles. The Labute approximate surface area is 126 Å². The highest BCUT2D eigenvalue weighted by Gasteiger charge is 2.12. The highest BCUT2D eigenvalue weighted by Crippen LogP contribution is 2.26. The largest absolute Gasteiger partial charge is 0.312 e. The van der Waals surface area contributed by atoms with Crippen LogP contribution in [0.25, 0.3) is 0 Å². The topological polar surface area (TPSA) is 12.0 Å². The first-order valence-corrected chi connectivity index (χ1v) is 7.46. The van der Waals surface area contributed by atoms with Gasteiger partial charge in [-0.1, -0.05) is 11.6 Å². The predicted octanol–water partition coefficient (Wildman–Crippen LogP) is 4.67. The number of rotatable bonds is 5. The molecule has 20 heavy (non-hydrogen) atoms. The summed E-state index contributed by atoms with van der Waals surface area (Å²) in [4.78, 5) is 1.06. The van der Waals surface area contributed by atoms with Crippen LogP contribution in [0, 0.1) is 11.6 Å². The molecular weight excluding hydrogens is 300 g/mol. The van der Waals surface area contributed by atoms with Gasteiger partial charge in [-0.15, -0.1) is 11.8 Å². The number of nitrogens with one attached hydrogen (secondary N) is 1. The minimum Gasteiger partial charge on any atom is -0.312 e. The van der Waals surface area contributed by atoms with E-state index in [0.717, 1.165) is 11.0 Å². The highest BCUT2D eigenvalue weighted by molar-refractivity contribution is 7.99. The van der Waals surface area contributed by atoms with E-state index in [0.29, 0.717) is 16.3 Å². The summed E-state index contributed by atoms with van der Waals surface area (Å²) < 4.78 is 26.5. The first kappa shape index (κ1) is 15.3. The fraction of sp³-hybridized carbons (Fsp3) is 0.200. The Kier molecular flexibility index (Phi) is 5.40. The van der Waals surface area contributed by atoms with Crippen LogP contribution in [0.5, 0.6) is 0 Å². The fourth-order valence-electron chi connectivity index (χ4n) is 1.83. The number of benzene rings is 2. The van der Waals surface area contributed by atoms with E-state index < -0.39 is 11.6 Å². The van der Waals surface area contributed by atoms with E-state index in [9.17, 15) is 8.78 Å². The van der Waals surface area contributed by atoms with Gasteiger partial charge in [-0.05, 0) is 49.0 Å². The Bertz CT molecular complexity index is 554. The molecular formula is C15H14ClF2NS. The molecule has 106 valence electrons. The summed E-state index contributed by atoms with van der Waals surface area (Å²) in [6.07, 6.45) is 0. The molecule has 0 aromatic heterocycles. The molecule has 0 aliphatic heterocycles. The van der Waals surface area contributed by atoms with Gasteiger partial charge in [0.25, 0.3) is 0 Å². The third-order valence-electron chi connectivity index (χ3n) is 2.87. The van der Waals surface area contributed by atoms with E-state index in [1.807, 2.05) is 24.3 Å². The molecule has 0 spiro atoms. The zero-order chi connectivity index (χ0) is 14.5. The number of halogens is 3. The molecule has 0 aliphatic rings. The monoisotopic (exact) mass is 313 g/mol. The van der Waals surface area contributed by atoms with E-state index >= 15 is 0 Å². The molecule has 2 aromatic rings. The van der Waals surface area contributed by atoms with E-state index in [4.69, 9.17) is 11.6 Å². The van der Waals surface area contributed by atoms with Gasteiger partial charge in [0.1, 0.15) is 11.6 Å². The molecule has 5 heteroatoms. The lowest BCUT2D eigenvalue weighted by Crippen LogP contribution is -2.19. The molecule has 1 nitrogen and oxygen atoms in total. The van der Waals surface area contributed by atoms with Gasteiger partial charge in [0.2, 0.25) is 0 Å². The van der Waals surface area contributed by atoms with E-state index in [1.54, 1.807) is 18.8 Å². The van der Waals surface area contributed by atoms with Crippen molar-refractivity contribution in [2.45, 2.75) is 10.9 Å². The van der Waals surface area contributed by atoms with Crippen molar-refractivity contribution in [3.63, 3.8) is 0 Å². The van der Waals surface area contributed by atoms with Crippen molar-refractivity contribution in [1.82, 2.24) is 5.32 Å². The fourth-order valence-corrected chi connectivity index (χ4v) is 3.01. The van der Waals surface area contributed by atoms with Crippen molar-refractivity contribution in [2.24, 2.45) is 0 Å². The average Bonchev–Trinajstić information content (AvgIpc) is 2.40. The van der Waals surface area contributed by atoms with Gasteiger partial charge in [0.05, 0.1) is 0 Å². The quantitative estimate of drug-likeness (QED) is 0.805. The Balaban J connectivity index is 2.07. The third kappa shape index (κ3) is 4.20. The summed E-state index contributed by atoms with van der Waals surface area (Å²) in [7, 11) is 1.77. The van der Waals surface area contributed by atoms with Crippen molar-refractivity contribution >= 4 is 23.4 Å². The number of hydrogen-bond donors (Lipinski definition) is 1. The van der Waals surface area contributed by atoms with Crippen molar-refractivity contribution in [3.8, 4) is 0 Å². The van der Waals surface area contributed by atoms with Crippen LogP contribution in [0.4, 0.5) is 8.78 Å². The number of hydrogen-bond acceptors (Lipinski definition) is 2.